The van der Waals surface area contributed by atoms with E-state index >= 15 is 0 Å². The standard InChI is InChI=1S/C23H40N6O5S2Si/c1-13(2)37(14(3)4,15(5)6)34-17-9-19(33-18(17)10-32-36(25,30)31)29-22-20(21(24)26-12-27-22)23(28-29)35-11-16-7-8-16/h12-19H,7-11H2,1-6H3,(H2,24,26,27)(H2,25,30,31)/t17-,18-,19-/m1/s1. The van der Waals surface area contributed by atoms with Gasteiger partial charge in [-0.3, -0.25) is 4.18 Å². The van der Waals surface area contributed by atoms with Gasteiger partial charge in [0, 0.05) is 12.2 Å². The zero-order valence-corrected chi connectivity index (χ0v) is 25.1. The van der Waals surface area contributed by atoms with Gasteiger partial charge in [-0.15, -0.1) is 11.8 Å². The number of thioether (sulfide) groups is 1. The molecule has 37 heavy (non-hydrogen) atoms. The third-order valence-corrected chi connectivity index (χ3v) is 15.3. The van der Waals surface area contributed by atoms with E-state index in [2.05, 4.69) is 51.5 Å². The summed E-state index contributed by atoms with van der Waals surface area (Å²) in [5.74, 6) is 2.05. The highest BCUT2D eigenvalue weighted by molar-refractivity contribution is 7.99. The normalized spacial score (nSPS) is 23.2. The first kappa shape index (κ1) is 28.7. The number of ether oxygens (including phenoxy) is 1. The molecule has 3 heterocycles. The third-order valence-electron chi connectivity index (χ3n) is 7.55. The number of nitrogen functional groups attached to an aromatic ring is 1. The van der Waals surface area contributed by atoms with E-state index in [0.29, 0.717) is 45.8 Å². The molecule has 0 amide bonds. The van der Waals surface area contributed by atoms with Crippen molar-refractivity contribution in [3.8, 4) is 0 Å². The lowest BCUT2D eigenvalue weighted by molar-refractivity contribution is -0.0400. The maximum Gasteiger partial charge on any atom is 0.333 e. The minimum atomic E-state index is -4.14. The smallest absolute Gasteiger partial charge is 0.333 e. The van der Waals surface area contributed by atoms with E-state index in [-0.39, 0.29) is 6.61 Å². The predicted molar refractivity (Wildman–Crippen MR) is 147 cm³/mol. The molecule has 11 nitrogen and oxygen atoms in total. The highest BCUT2D eigenvalue weighted by Crippen LogP contribution is 2.46. The summed E-state index contributed by atoms with van der Waals surface area (Å²) in [6.07, 6.45) is 2.78. The molecule has 4 rings (SSSR count). The van der Waals surface area contributed by atoms with Crippen LogP contribution in [0.25, 0.3) is 11.0 Å². The number of hydrogen-bond acceptors (Lipinski definition) is 10. The Hall–Kier alpha value is -1.29. The van der Waals surface area contributed by atoms with Gasteiger partial charge in [0.1, 0.15) is 23.3 Å². The van der Waals surface area contributed by atoms with Crippen molar-refractivity contribution >= 4 is 47.2 Å². The van der Waals surface area contributed by atoms with Gasteiger partial charge in [0.2, 0.25) is 8.32 Å². The van der Waals surface area contributed by atoms with E-state index in [4.69, 9.17) is 29.3 Å². The van der Waals surface area contributed by atoms with Crippen LogP contribution in [0.5, 0.6) is 0 Å². The van der Waals surface area contributed by atoms with Crippen molar-refractivity contribution in [2.45, 2.75) is 101 Å². The van der Waals surface area contributed by atoms with Crippen LogP contribution in [-0.2, 0) is 23.7 Å². The van der Waals surface area contributed by atoms with Crippen molar-refractivity contribution in [1.82, 2.24) is 19.7 Å². The number of hydrogen-bond donors (Lipinski definition) is 2. The zero-order valence-electron chi connectivity index (χ0n) is 22.5. The molecule has 1 saturated carbocycles. The second-order valence-corrected chi connectivity index (χ2v) is 18.7. The number of nitrogens with zero attached hydrogens (tertiary/aromatic N) is 4. The molecule has 0 spiro atoms. The average Bonchev–Trinajstić information content (AvgIpc) is 3.42. The van der Waals surface area contributed by atoms with Gasteiger partial charge in [0.15, 0.2) is 11.9 Å². The third kappa shape index (κ3) is 6.15. The zero-order chi connectivity index (χ0) is 27.1. The lowest BCUT2D eigenvalue weighted by atomic mass is 10.2. The monoisotopic (exact) mass is 572 g/mol. The van der Waals surface area contributed by atoms with Crippen LogP contribution in [0.2, 0.25) is 16.6 Å². The summed E-state index contributed by atoms with van der Waals surface area (Å²) in [5, 5.41) is 11.5. The van der Waals surface area contributed by atoms with Crippen LogP contribution >= 0.6 is 11.8 Å². The largest absolute Gasteiger partial charge is 0.410 e. The maximum absolute atomic E-state index is 11.6. The predicted octanol–water partition coefficient (Wildman–Crippen LogP) is 3.98. The molecule has 1 aliphatic heterocycles. The van der Waals surface area contributed by atoms with Gasteiger partial charge in [-0.25, -0.2) is 19.8 Å². The van der Waals surface area contributed by atoms with Crippen LogP contribution in [0.15, 0.2) is 11.4 Å². The van der Waals surface area contributed by atoms with Crippen LogP contribution in [0.1, 0.15) is 67.0 Å². The van der Waals surface area contributed by atoms with Crippen LogP contribution in [-0.4, -0.2) is 61.1 Å². The summed E-state index contributed by atoms with van der Waals surface area (Å²) in [4.78, 5) is 8.66. The highest BCUT2D eigenvalue weighted by atomic mass is 32.2. The summed E-state index contributed by atoms with van der Waals surface area (Å²) in [6, 6.07) is 0. The summed E-state index contributed by atoms with van der Waals surface area (Å²) in [5.41, 5.74) is 7.86. The Morgan fingerprint density at radius 3 is 2.38 bits per heavy atom. The van der Waals surface area contributed by atoms with Crippen LogP contribution in [0, 0.1) is 5.92 Å². The molecule has 2 fully saturated rings. The Balaban J connectivity index is 1.68. The molecule has 0 aromatic carbocycles. The van der Waals surface area contributed by atoms with Gasteiger partial charge >= 0.3 is 10.3 Å². The van der Waals surface area contributed by atoms with E-state index in [1.165, 1.54) is 19.2 Å². The Kier molecular flexibility index (Phi) is 8.58. The summed E-state index contributed by atoms with van der Waals surface area (Å²) >= 11 is 1.66. The van der Waals surface area contributed by atoms with Gasteiger partial charge < -0.3 is 14.9 Å². The SMILES string of the molecule is CC(C)[Si](O[C@@H]1C[C@H](n2nc(SCC3CC3)c3c(N)ncnc32)O[C@@H]1COS(N)(=O)=O)(C(C)C)C(C)C. The molecule has 0 bridgehead atoms. The molecule has 2 aromatic rings. The fourth-order valence-corrected chi connectivity index (χ4v) is 12.8. The number of rotatable bonds is 12. The molecule has 2 aromatic heterocycles. The average molecular weight is 573 g/mol. The molecule has 14 heteroatoms. The first-order valence-electron chi connectivity index (χ1n) is 12.9. The molecule has 208 valence electrons. The Labute approximate surface area is 224 Å². The second-order valence-electron chi connectivity index (χ2n) is 11.1. The summed E-state index contributed by atoms with van der Waals surface area (Å²) < 4.78 is 43.4. The van der Waals surface area contributed by atoms with E-state index in [1.807, 2.05) is 0 Å². The first-order chi connectivity index (χ1) is 17.3. The highest BCUT2D eigenvalue weighted by Gasteiger charge is 2.50. The number of fused-ring (bicyclic) bond motifs is 1. The topological polar surface area (TPSA) is 157 Å². The summed E-state index contributed by atoms with van der Waals surface area (Å²) in [6.45, 7) is 13.0. The Morgan fingerprint density at radius 1 is 1.16 bits per heavy atom. The van der Waals surface area contributed by atoms with Gasteiger partial charge in [-0.1, -0.05) is 41.5 Å². The Morgan fingerprint density at radius 2 is 1.81 bits per heavy atom. The molecule has 0 radical (unpaired) electrons. The molecular formula is C23H40N6O5S2Si. The molecule has 1 saturated heterocycles. The number of anilines is 1. The van der Waals surface area contributed by atoms with Crippen molar-refractivity contribution < 1.29 is 21.8 Å². The molecule has 4 N–H and O–H groups in total. The molecule has 3 atom stereocenters. The van der Waals surface area contributed by atoms with Gasteiger partial charge in [0.25, 0.3) is 0 Å². The lowest BCUT2D eigenvalue weighted by Gasteiger charge is -2.44. The van der Waals surface area contributed by atoms with Crippen molar-refractivity contribution in [2.24, 2.45) is 11.1 Å². The fourth-order valence-electron chi connectivity index (χ4n) is 5.70. The Bertz CT molecular complexity index is 1180. The van der Waals surface area contributed by atoms with Crippen LogP contribution < -0.4 is 10.9 Å². The lowest BCUT2D eigenvalue weighted by Crippen LogP contribution is -2.52. The minimum absolute atomic E-state index is 0.238. The number of nitrogens with two attached hydrogens (primary N) is 2. The fraction of sp³-hybridized carbons (Fsp3) is 0.783. The van der Waals surface area contributed by atoms with Gasteiger partial charge in [-0.05, 0) is 35.4 Å². The van der Waals surface area contributed by atoms with E-state index < -0.39 is 37.1 Å². The molecular weight excluding hydrogens is 533 g/mol. The second kappa shape index (κ2) is 11.1. The molecule has 0 unspecified atom stereocenters. The quantitative estimate of drug-likeness (QED) is 0.281. The maximum atomic E-state index is 11.6. The van der Waals surface area contributed by atoms with Crippen molar-refractivity contribution in [2.75, 3.05) is 18.1 Å². The van der Waals surface area contributed by atoms with E-state index in [0.717, 1.165) is 10.8 Å². The number of aromatic nitrogens is 4. The van der Waals surface area contributed by atoms with Crippen molar-refractivity contribution in [3.63, 3.8) is 0 Å². The van der Waals surface area contributed by atoms with Crippen molar-refractivity contribution in [1.29, 1.82) is 0 Å². The molecule has 1 aliphatic carbocycles. The molecule has 2 aliphatic rings. The van der Waals surface area contributed by atoms with Gasteiger partial charge in [-0.2, -0.15) is 13.5 Å². The van der Waals surface area contributed by atoms with E-state index in [1.54, 1.807) is 16.4 Å². The van der Waals surface area contributed by atoms with Crippen LogP contribution in [0.4, 0.5) is 5.82 Å². The first-order valence-corrected chi connectivity index (χ1v) is 17.5. The minimum Gasteiger partial charge on any atom is -0.410 e. The van der Waals surface area contributed by atoms with E-state index in [9.17, 15) is 8.42 Å². The van der Waals surface area contributed by atoms with Gasteiger partial charge in [0.05, 0.1) is 18.1 Å². The van der Waals surface area contributed by atoms with Crippen molar-refractivity contribution in [3.05, 3.63) is 6.33 Å². The summed E-state index contributed by atoms with van der Waals surface area (Å²) in [7, 11) is -6.45. The van der Waals surface area contributed by atoms with Crippen LogP contribution in [0.3, 0.4) is 0 Å².